The van der Waals surface area contributed by atoms with Gasteiger partial charge in [-0.15, -0.1) is 0 Å². The summed E-state index contributed by atoms with van der Waals surface area (Å²) in [4.78, 5) is 0.0707. The fourth-order valence-corrected chi connectivity index (χ4v) is 3.14. The van der Waals surface area contributed by atoms with E-state index in [0.717, 1.165) is 5.56 Å². The molecule has 21 heavy (non-hydrogen) atoms. The highest BCUT2D eigenvalue weighted by atomic mass is 35.5. The molecule has 0 spiro atoms. The Morgan fingerprint density at radius 3 is 2.76 bits per heavy atom. The van der Waals surface area contributed by atoms with Crippen molar-refractivity contribution in [2.45, 2.75) is 25.0 Å². The van der Waals surface area contributed by atoms with Crippen LogP contribution in [0.4, 0.5) is 0 Å². The van der Waals surface area contributed by atoms with Gasteiger partial charge in [-0.1, -0.05) is 17.7 Å². The summed E-state index contributed by atoms with van der Waals surface area (Å²) in [6.45, 7) is 2.35. The van der Waals surface area contributed by atoms with Gasteiger partial charge >= 0.3 is 0 Å². The van der Waals surface area contributed by atoms with Crippen LogP contribution in [0.5, 0.6) is 0 Å². The minimum atomic E-state index is -3.63. The van der Waals surface area contributed by atoms with Crippen LogP contribution in [0.2, 0.25) is 5.02 Å². The maximum absolute atomic E-state index is 12.1. The molecule has 6 nitrogen and oxygen atoms in total. The summed E-state index contributed by atoms with van der Waals surface area (Å²) < 4.78 is 28.4. The minimum absolute atomic E-state index is 0.0707. The van der Waals surface area contributed by atoms with E-state index in [-0.39, 0.29) is 23.1 Å². The van der Waals surface area contributed by atoms with Crippen LogP contribution >= 0.6 is 11.6 Å². The molecule has 0 fully saturated rings. The molecule has 0 radical (unpaired) electrons. The highest BCUT2D eigenvalue weighted by Crippen LogP contribution is 2.20. The first-order valence-electron chi connectivity index (χ1n) is 6.30. The molecule has 8 heteroatoms. The fourth-order valence-electron chi connectivity index (χ4n) is 1.79. The molecule has 0 saturated carbocycles. The molecule has 0 unspecified atom stereocenters. The maximum atomic E-state index is 12.1. The van der Waals surface area contributed by atoms with Crippen molar-refractivity contribution in [2.24, 2.45) is 0 Å². The van der Waals surface area contributed by atoms with Crippen LogP contribution in [0.1, 0.15) is 11.1 Å². The van der Waals surface area contributed by atoms with Gasteiger partial charge in [0.2, 0.25) is 10.0 Å². The SMILES string of the molecule is Cc1cnn(CCNS(=O)(=O)c2ccc(CO)c(Cl)c2)c1. The van der Waals surface area contributed by atoms with Gasteiger partial charge in [0.15, 0.2) is 0 Å². The van der Waals surface area contributed by atoms with Crippen molar-refractivity contribution in [3.63, 3.8) is 0 Å². The van der Waals surface area contributed by atoms with E-state index in [2.05, 4.69) is 9.82 Å². The van der Waals surface area contributed by atoms with Crippen molar-refractivity contribution in [1.82, 2.24) is 14.5 Å². The Labute approximate surface area is 128 Å². The predicted molar refractivity (Wildman–Crippen MR) is 79.5 cm³/mol. The zero-order chi connectivity index (χ0) is 15.5. The molecule has 0 atom stereocenters. The second-order valence-corrected chi connectivity index (χ2v) is 6.76. The third-order valence-electron chi connectivity index (χ3n) is 2.90. The number of benzene rings is 1. The van der Waals surface area contributed by atoms with Gasteiger partial charge in [0, 0.05) is 17.8 Å². The molecule has 0 saturated heterocycles. The average molecular weight is 330 g/mol. The summed E-state index contributed by atoms with van der Waals surface area (Å²) in [7, 11) is -3.63. The van der Waals surface area contributed by atoms with E-state index in [9.17, 15) is 8.42 Å². The van der Waals surface area contributed by atoms with E-state index in [1.807, 2.05) is 13.1 Å². The number of halogens is 1. The van der Waals surface area contributed by atoms with Crippen molar-refractivity contribution < 1.29 is 13.5 Å². The van der Waals surface area contributed by atoms with Gasteiger partial charge < -0.3 is 5.11 Å². The lowest BCUT2D eigenvalue weighted by Gasteiger charge is -2.08. The van der Waals surface area contributed by atoms with E-state index < -0.39 is 10.0 Å². The van der Waals surface area contributed by atoms with Gasteiger partial charge in [-0.3, -0.25) is 4.68 Å². The Bertz CT molecular complexity index is 728. The summed E-state index contributed by atoms with van der Waals surface area (Å²) in [5, 5.41) is 13.3. The minimum Gasteiger partial charge on any atom is -0.392 e. The molecule has 2 N–H and O–H groups in total. The third kappa shape index (κ3) is 4.04. The van der Waals surface area contributed by atoms with E-state index in [1.54, 1.807) is 10.9 Å². The largest absolute Gasteiger partial charge is 0.392 e. The van der Waals surface area contributed by atoms with Crippen molar-refractivity contribution in [2.75, 3.05) is 6.54 Å². The number of hydrogen-bond acceptors (Lipinski definition) is 4. The summed E-state index contributed by atoms with van der Waals surface area (Å²) in [6.07, 6.45) is 3.54. The van der Waals surface area contributed by atoms with Gasteiger partial charge in [0.05, 0.1) is 24.2 Å². The smallest absolute Gasteiger partial charge is 0.240 e. The van der Waals surface area contributed by atoms with Crippen molar-refractivity contribution in [1.29, 1.82) is 0 Å². The number of aliphatic hydroxyl groups is 1. The Hall–Kier alpha value is -1.41. The number of aliphatic hydroxyl groups excluding tert-OH is 1. The van der Waals surface area contributed by atoms with Crippen LogP contribution < -0.4 is 4.72 Å². The number of rotatable bonds is 6. The maximum Gasteiger partial charge on any atom is 0.240 e. The molecule has 0 aliphatic carbocycles. The summed E-state index contributed by atoms with van der Waals surface area (Å²) >= 11 is 5.90. The number of aryl methyl sites for hydroxylation is 1. The number of aromatic nitrogens is 2. The molecular weight excluding hydrogens is 314 g/mol. The third-order valence-corrected chi connectivity index (χ3v) is 4.71. The monoisotopic (exact) mass is 329 g/mol. The van der Waals surface area contributed by atoms with Gasteiger partial charge in [0.1, 0.15) is 0 Å². The van der Waals surface area contributed by atoms with Crippen LogP contribution in [0, 0.1) is 6.92 Å². The number of sulfonamides is 1. The average Bonchev–Trinajstić information content (AvgIpc) is 2.84. The first-order valence-corrected chi connectivity index (χ1v) is 8.16. The lowest BCUT2D eigenvalue weighted by Crippen LogP contribution is -2.27. The zero-order valence-corrected chi connectivity index (χ0v) is 13.0. The van der Waals surface area contributed by atoms with Crippen molar-refractivity contribution >= 4 is 21.6 Å². The van der Waals surface area contributed by atoms with E-state index in [1.165, 1.54) is 18.2 Å². The Balaban J connectivity index is 2.02. The summed E-state index contributed by atoms with van der Waals surface area (Å²) in [5.74, 6) is 0. The predicted octanol–water partition coefficient (Wildman–Crippen LogP) is 1.32. The lowest BCUT2D eigenvalue weighted by atomic mass is 10.2. The lowest BCUT2D eigenvalue weighted by molar-refractivity contribution is 0.282. The van der Waals surface area contributed by atoms with Crippen LogP contribution in [-0.2, 0) is 23.2 Å². The summed E-state index contributed by atoms with van der Waals surface area (Å²) in [6, 6.07) is 4.24. The Morgan fingerprint density at radius 2 is 2.19 bits per heavy atom. The fraction of sp³-hybridized carbons (Fsp3) is 0.308. The second-order valence-electron chi connectivity index (χ2n) is 4.59. The van der Waals surface area contributed by atoms with Crippen molar-refractivity contribution in [3.8, 4) is 0 Å². The molecule has 2 aromatic rings. The van der Waals surface area contributed by atoms with E-state index >= 15 is 0 Å². The normalized spacial score (nSPS) is 11.8. The second kappa shape index (κ2) is 6.57. The van der Waals surface area contributed by atoms with Crippen LogP contribution in [-0.4, -0.2) is 29.8 Å². The van der Waals surface area contributed by atoms with Crippen LogP contribution in [0.25, 0.3) is 0 Å². The molecule has 1 heterocycles. The highest BCUT2D eigenvalue weighted by molar-refractivity contribution is 7.89. The van der Waals surface area contributed by atoms with Crippen LogP contribution in [0.3, 0.4) is 0 Å². The molecule has 0 amide bonds. The van der Waals surface area contributed by atoms with Gasteiger partial charge in [-0.2, -0.15) is 5.10 Å². The Kier molecular flexibility index (Phi) is 5.00. The van der Waals surface area contributed by atoms with E-state index in [4.69, 9.17) is 16.7 Å². The first kappa shape index (κ1) is 16.0. The number of hydrogen-bond donors (Lipinski definition) is 2. The van der Waals surface area contributed by atoms with Gasteiger partial charge in [0.25, 0.3) is 0 Å². The van der Waals surface area contributed by atoms with E-state index in [0.29, 0.717) is 12.1 Å². The Morgan fingerprint density at radius 1 is 1.43 bits per heavy atom. The standard InChI is InChI=1S/C13H16ClN3O3S/c1-10-7-15-17(8-10)5-4-16-21(19,20)12-3-2-11(9-18)13(14)6-12/h2-3,6-8,16,18H,4-5,9H2,1H3. The zero-order valence-electron chi connectivity index (χ0n) is 11.5. The molecule has 114 valence electrons. The topological polar surface area (TPSA) is 84.2 Å². The molecule has 0 bridgehead atoms. The number of nitrogens with one attached hydrogen (secondary N) is 1. The molecule has 0 aliphatic rings. The molecule has 0 aliphatic heterocycles. The highest BCUT2D eigenvalue weighted by Gasteiger charge is 2.15. The van der Waals surface area contributed by atoms with Crippen LogP contribution in [0.15, 0.2) is 35.5 Å². The number of nitrogens with zero attached hydrogens (tertiary/aromatic N) is 2. The molecule has 2 rings (SSSR count). The first-order chi connectivity index (χ1) is 9.92. The molecule has 1 aromatic carbocycles. The van der Waals surface area contributed by atoms with Gasteiger partial charge in [-0.25, -0.2) is 13.1 Å². The summed E-state index contributed by atoms with van der Waals surface area (Å²) in [5.41, 5.74) is 1.51. The van der Waals surface area contributed by atoms with Crippen molar-refractivity contribution in [3.05, 3.63) is 46.7 Å². The molecular formula is C13H16ClN3O3S. The van der Waals surface area contributed by atoms with Gasteiger partial charge in [-0.05, 0) is 30.2 Å². The quantitative estimate of drug-likeness (QED) is 0.837. The molecule has 1 aromatic heterocycles.